The molecule has 5 nitrogen and oxygen atoms in total. The van der Waals surface area contributed by atoms with Crippen molar-refractivity contribution < 1.29 is 0 Å². The van der Waals surface area contributed by atoms with Gasteiger partial charge >= 0.3 is 0 Å². The van der Waals surface area contributed by atoms with Crippen LogP contribution in [0.1, 0.15) is 11.3 Å². The number of hydrogen-bond acceptors (Lipinski definition) is 5. The van der Waals surface area contributed by atoms with Crippen LogP contribution in [-0.2, 0) is 12.8 Å². The Morgan fingerprint density at radius 1 is 0.792 bits per heavy atom. The number of hydrogen-bond donors (Lipinski definition) is 3. The largest absolute Gasteiger partial charge is 0.399 e. The Bertz CT molecular complexity index is 845. The highest BCUT2D eigenvalue weighted by molar-refractivity contribution is 6.30. The van der Waals surface area contributed by atoms with Crippen LogP contribution in [0.4, 0.5) is 17.5 Å². The fourth-order valence-electron chi connectivity index (χ4n) is 2.61. The lowest BCUT2D eigenvalue weighted by Crippen LogP contribution is -2.08. The van der Waals surface area contributed by atoms with Crippen LogP contribution < -0.4 is 17.2 Å². The summed E-state index contributed by atoms with van der Waals surface area (Å²) in [5, 5.41) is 0.664. The van der Waals surface area contributed by atoms with Crippen LogP contribution in [0.25, 0.3) is 11.1 Å². The predicted octanol–water partition coefficient (Wildman–Crippen LogP) is 3.33. The van der Waals surface area contributed by atoms with Gasteiger partial charge in [-0.3, -0.25) is 0 Å². The van der Waals surface area contributed by atoms with E-state index in [1.165, 1.54) is 5.56 Å². The zero-order valence-corrected chi connectivity index (χ0v) is 13.8. The molecule has 122 valence electrons. The number of nitrogen functional groups attached to an aromatic ring is 3. The molecule has 6 N–H and O–H groups in total. The average Bonchev–Trinajstić information content (AvgIpc) is 2.55. The highest BCUT2D eigenvalue weighted by atomic mass is 35.5. The molecule has 6 heteroatoms. The first-order valence-corrected chi connectivity index (χ1v) is 7.93. The molecule has 3 aromatic rings. The standard InChI is InChI=1S/C18H18ClN5/c19-13-6-4-12(5-7-13)16-15(23-18(22)24-17(16)21)10-3-11-1-8-14(20)9-2-11/h1-2,4-9H,3,10,20H2,(H4,21,22,23,24). The Morgan fingerprint density at radius 3 is 2.12 bits per heavy atom. The van der Waals surface area contributed by atoms with Crippen LogP contribution in [0.2, 0.25) is 5.02 Å². The summed E-state index contributed by atoms with van der Waals surface area (Å²) in [6.07, 6.45) is 1.50. The molecule has 0 radical (unpaired) electrons. The van der Waals surface area contributed by atoms with Crippen molar-refractivity contribution in [2.24, 2.45) is 0 Å². The van der Waals surface area contributed by atoms with Crippen molar-refractivity contribution in [3.63, 3.8) is 0 Å². The molecule has 0 amide bonds. The van der Waals surface area contributed by atoms with Gasteiger partial charge in [0.05, 0.1) is 5.69 Å². The maximum absolute atomic E-state index is 6.10. The number of benzene rings is 2. The van der Waals surface area contributed by atoms with Crippen LogP contribution in [0.3, 0.4) is 0 Å². The van der Waals surface area contributed by atoms with Crippen LogP contribution >= 0.6 is 11.6 Å². The first kappa shape index (κ1) is 16.1. The van der Waals surface area contributed by atoms with Crippen molar-refractivity contribution in [3.8, 4) is 11.1 Å². The van der Waals surface area contributed by atoms with Crippen molar-refractivity contribution in [1.29, 1.82) is 0 Å². The second-order valence-electron chi connectivity index (χ2n) is 5.54. The summed E-state index contributed by atoms with van der Waals surface area (Å²) in [5.74, 6) is 0.551. The molecule has 0 saturated carbocycles. The lowest BCUT2D eigenvalue weighted by molar-refractivity contribution is 0.910. The smallest absolute Gasteiger partial charge is 0.222 e. The molecule has 24 heavy (non-hydrogen) atoms. The number of rotatable bonds is 4. The first-order chi connectivity index (χ1) is 11.5. The van der Waals surface area contributed by atoms with Gasteiger partial charge in [0.25, 0.3) is 0 Å². The van der Waals surface area contributed by atoms with E-state index < -0.39 is 0 Å². The number of aromatic nitrogens is 2. The molecule has 1 heterocycles. The Balaban J connectivity index is 1.94. The topological polar surface area (TPSA) is 104 Å². The molecule has 0 bridgehead atoms. The maximum atomic E-state index is 6.10. The summed E-state index contributed by atoms with van der Waals surface area (Å²) in [6, 6.07) is 15.2. The molecule has 3 rings (SSSR count). The number of nitrogens with two attached hydrogens (primary N) is 3. The molecular formula is C18H18ClN5. The van der Waals surface area contributed by atoms with Gasteiger partial charge < -0.3 is 17.2 Å². The van der Waals surface area contributed by atoms with Crippen LogP contribution in [-0.4, -0.2) is 9.97 Å². The van der Waals surface area contributed by atoms with Crippen LogP contribution in [0.15, 0.2) is 48.5 Å². The van der Waals surface area contributed by atoms with Gasteiger partial charge in [-0.2, -0.15) is 4.98 Å². The molecule has 0 aliphatic rings. The third kappa shape index (κ3) is 3.58. The highest BCUT2D eigenvalue weighted by Crippen LogP contribution is 2.30. The fourth-order valence-corrected chi connectivity index (χ4v) is 2.73. The van der Waals surface area contributed by atoms with Gasteiger partial charge in [0, 0.05) is 16.3 Å². The predicted molar refractivity (Wildman–Crippen MR) is 99.6 cm³/mol. The third-order valence-electron chi connectivity index (χ3n) is 3.79. The van der Waals surface area contributed by atoms with Crippen molar-refractivity contribution in [3.05, 3.63) is 64.8 Å². The number of halogens is 1. The van der Waals surface area contributed by atoms with Crippen LogP contribution in [0, 0.1) is 0 Å². The van der Waals surface area contributed by atoms with Gasteiger partial charge in [0.1, 0.15) is 5.82 Å². The average molecular weight is 340 g/mol. The van der Waals surface area contributed by atoms with Crippen molar-refractivity contribution in [2.45, 2.75) is 12.8 Å². The van der Waals surface area contributed by atoms with E-state index in [1.807, 2.05) is 48.5 Å². The summed E-state index contributed by atoms with van der Waals surface area (Å²) in [6.45, 7) is 0. The second kappa shape index (κ2) is 6.76. The maximum Gasteiger partial charge on any atom is 0.222 e. The highest BCUT2D eigenvalue weighted by Gasteiger charge is 2.13. The molecule has 0 fully saturated rings. The monoisotopic (exact) mass is 339 g/mol. The van der Waals surface area contributed by atoms with E-state index >= 15 is 0 Å². The van der Waals surface area contributed by atoms with E-state index in [4.69, 9.17) is 28.8 Å². The van der Waals surface area contributed by atoms with E-state index in [-0.39, 0.29) is 5.95 Å². The summed E-state index contributed by atoms with van der Waals surface area (Å²) >= 11 is 5.97. The van der Waals surface area contributed by atoms with Crippen molar-refractivity contribution >= 4 is 29.1 Å². The fraction of sp³-hybridized carbons (Fsp3) is 0.111. The van der Waals surface area contributed by atoms with Gasteiger partial charge in [0.15, 0.2) is 0 Å². The zero-order chi connectivity index (χ0) is 17.1. The van der Waals surface area contributed by atoms with Crippen molar-refractivity contribution in [2.75, 3.05) is 17.2 Å². The quantitative estimate of drug-likeness (QED) is 0.632. The second-order valence-corrected chi connectivity index (χ2v) is 5.97. The Morgan fingerprint density at radius 2 is 1.46 bits per heavy atom. The lowest BCUT2D eigenvalue weighted by atomic mass is 9.99. The van der Waals surface area contributed by atoms with E-state index in [0.29, 0.717) is 17.3 Å². The van der Waals surface area contributed by atoms with Gasteiger partial charge in [-0.25, -0.2) is 4.98 Å². The summed E-state index contributed by atoms with van der Waals surface area (Å²) in [4.78, 5) is 8.49. The molecule has 0 spiro atoms. The number of nitrogens with zero attached hydrogens (tertiary/aromatic N) is 2. The first-order valence-electron chi connectivity index (χ1n) is 7.55. The zero-order valence-electron chi connectivity index (χ0n) is 13.0. The Labute approximate surface area is 145 Å². The van der Waals surface area contributed by atoms with Gasteiger partial charge in [-0.15, -0.1) is 0 Å². The minimum atomic E-state index is 0.178. The normalized spacial score (nSPS) is 10.7. The number of anilines is 3. The summed E-state index contributed by atoms with van der Waals surface area (Å²) in [5.41, 5.74) is 22.1. The van der Waals surface area contributed by atoms with Crippen molar-refractivity contribution in [1.82, 2.24) is 9.97 Å². The Hall–Kier alpha value is -2.79. The number of aryl methyl sites for hydroxylation is 2. The minimum Gasteiger partial charge on any atom is -0.399 e. The molecule has 0 saturated heterocycles. The van der Waals surface area contributed by atoms with Gasteiger partial charge in [0.2, 0.25) is 5.95 Å². The van der Waals surface area contributed by atoms with E-state index in [1.54, 1.807) is 0 Å². The SMILES string of the molecule is Nc1ccc(CCc2nc(N)nc(N)c2-c2ccc(Cl)cc2)cc1. The van der Waals surface area contributed by atoms with Gasteiger partial charge in [-0.05, 0) is 48.2 Å². The molecule has 0 aliphatic carbocycles. The Kier molecular flexibility index (Phi) is 4.53. The molecule has 0 unspecified atom stereocenters. The molecule has 1 aromatic heterocycles. The summed E-state index contributed by atoms with van der Waals surface area (Å²) in [7, 11) is 0. The molecular weight excluding hydrogens is 322 g/mol. The van der Waals surface area contributed by atoms with Crippen LogP contribution in [0.5, 0.6) is 0 Å². The summed E-state index contributed by atoms with van der Waals surface area (Å²) < 4.78 is 0. The van der Waals surface area contributed by atoms with Gasteiger partial charge in [-0.1, -0.05) is 35.9 Å². The molecule has 0 atom stereocenters. The lowest BCUT2D eigenvalue weighted by Gasteiger charge is -2.12. The molecule has 2 aromatic carbocycles. The molecule has 0 aliphatic heterocycles. The van der Waals surface area contributed by atoms with E-state index in [0.717, 1.165) is 28.9 Å². The van der Waals surface area contributed by atoms with E-state index in [2.05, 4.69) is 9.97 Å². The third-order valence-corrected chi connectivity index (χ3v) is 4.04. The van der Waals surface area contributed by atoms with E-state index in [9.17, 15) is 0 Å². The minimum absolute atomic E-state index is 0.178.